The standard InChI is InChI=1S/C20H46O2Si3/c1-10-11-12-13-16-22-25(8,9)18-15-20(19-23(2,3)4)14-17-21-24(5,6)7/h13,16,20H,10-12,14-15,17-19H2,1-9H3. The molecule has 0 fully saturated rings. The zero-order valence-electron chi connectivity index (χ0n) is 18.7. The number of unbranched alkanes of at least 4 members (excludes halogenated alkanes) is 2. The molecule has 0 rings (SSSR count). The van der Waals surface area contributed by atoms with E-state index in [2.05, 4.69) is 65.4 Å². The Morgan fingerprint density at radius 1 is 0.920 bits per heavy atom. The van der Waals surface area contributed by atoms with Crippen molar-refractivity contribution < 1.29 is 8.85 Å². The van der Waals surface area contributed by atoms with Gasteiger partial charge in [0.05, 0.1) is 6.26 Å². The van der Waals surface area contributed by atoms with E-state index in [0.29, 0.717) is 0 Å². The topological polar surface area (TPSA) is 18.5 Å². The zero-order chi connectivity index (χ0) is 19.6. The van der Waals surface area contributed by atoms with Crippen molar-refractivity contribution in [2.45, 2.75) is 103 Å². The lowest BCUT2D eigenvalue weighted by Crippen LogP contribution is -2.31. The molecule has 0 aromatic heterocycles. The van der Waals surface area contributed by atoms with Crippen LogP contribution in [0.15, 0.2) is 12.3 Å². The van der Waals surface area contributed by atoms with Crippen molar-refractivity contribution in [1.82, 2.24) is 0 Å². The van der Waals surface area contributed by atoms with Gasteiger partial charge in [0.25, 0.3) is 0 Å². The lowest BCUT2D eigenvalue weighted by molar-refractivity contribution is 0.274. The van der Waals surface area contributed by atoms with E-state index in [9.17, 15) is 0 Å². The van der Waals surface area contributed by atoms with Crippen LogP contribution in [-0.4, -0.2) is 31.3 Å². The second kappa shape index (κ2) is 11.8. The molecule has 5 heteroatoms. The molecule has 0 aromatic carbocycles. The highest BCUT2D eigenvalue weighted by molar-refractivity contribution is 6.76. The minimum Gasteiger partial charge on any atom is -0.550 e. The van der Waals surface area contributed by atoms with Gasteiger partial charge in [-0.1, -0.05) is 45.1 Å². The Hall–Kier alpha value is 0.151. The monoisotopic (exact) mass is 402 g/mol. The summed E-state index contributed by atoms with van der Waals surface area (Å²) in [6.45, 7) is 22.3. The van der Waals surface area contributed by atoms with Gasteiger partial charge in [0.15, 0.2) is 8.32 Å². The first-order valence-corrected chi connectivity index (χ1v) is 20.5. The molecule has 150 valence electrons. The molecule has 0 saturated heterocycles. The van der Waals surface area contributed by atoms with Gasteiger partial charge in [-0.3, -0.25) is 0 Å². The fourth-order valence-electron chi connectivity index (χ4n) is 2.98. The van der Waals surface area contributed by atoms with Gasteiger partial charge in [-0.25, -0.2) is 0 Å². The van der Waals surface area contributed by atoms with Crippen LogP contribution in [-0.2, 0) is 8.85 Å². The van der Waals surface area contributed by atoms with Crippen molar-refractivity contribution >= 4 is 24.7 Å². The zero-order valence-corrected chi connectivity index (χ0v) is 21.7. The molecule has 0 radical (unpaired) electrons. The van der Waals surface area contributed by atoms with Gasteiger partial charge in [-0.2, -0.15) is 0 Å². The second-order valence-electron chi connectivity index (χ2n) is 10.3. The quantitative estimate of drug-likeness (QED) is 0.170. The van der Waals surface area contributed by atoms with Crippen molar-refractivity contribution in [1.29, 1.82) is 0 Å². The van der Waals surface area contributed by atoms with Crippen LogP contribution in [0.4, 0.5) is 0 Å². The van der Waals surface area contributed by atoms with Crippen LogP contribution in [0, 0.1) is 5.92 Å². The Morgan fingerprint density at radius 2 is 1.56 bits per heavy atom. The number of hydrogen-bond acceptors (Lipinski definition) is 2. The summed E-state index contributed by atoms with van der Waals surface area (Å²) >= 11 is 0. The molecule has 25 heavy (non-hydrogen) atoms. The van der Waals surface area contributed by atoms with Gasteiger partial charge in [0.2, 0.25) is 8.32 Å². The lowest BCUT2D eigenvalue weighted by Gasteiger charge is -2.29. The van der Waals surface area contributed by atoms with Crippen LogP contribution in [0.25, 0.3) is 0 Å². The van der Waals surface area contributed by atoms with Crippen LogP contribution in [0.2, 0.25) is 64.5 Å². The van der Waals surface area contributed by atoms with Crippen LogP contribution >= 0.6 is 0 Å². The van der Waals surface area contributed by atoms with E-state index in [1.165, 1.54) is 37.8 Å². The number of rotatable bonds is 14. The molecule has 0 bridgehead atoms. The molecule has 0 aliphatic heterocycles. The molecule has 0 aromatic rings. The molecule has 0 heterocycles. The van der Waals surface area contributed by atoms with Gasteiger partial charge >= 0.3 is 0 Å². The van der Waals surface area contributed by atoms with Gasteiger partial charge in [0.1, 0.15) is 0 Å². The number of allylic oxidation sites excluding steroid dienone is 1. The molecule has 2 nitrogen and oxygen atoms in total. The normalized spacial score (nSPS) is 14.9. The maximum absolute atomic E-state index is 6.16. The van der Waals surface area contributed by atoms with Gasteiger partial charge in [-0.15, -0.1) is 0 Å². The largest absolute Gasteiger partial charge is 0.550 e. The summed E-state index contributed by atoms with van der Waals surface area (Å²) in [6.07, 6.45) is 10.4. The molecule has 0 spiro atoms. The highest BCUT2D eigenvalue weighted by atomic mass is 28.4. The Bertz CT molecular complexity index is 368. The van der Waals surface area contributed by atoms with Crippen molar-refractivity contribution in [3.8, 4) is 0 Å². The molecule has 0 N–H and O–H groups in total. The van der Waals surface area contributed by atoms with Gasteiger partial charge < -0.3 is 8.85 Å². The van der Waals surface area contributed by atoms with E-state index in [4.69, 9.17) is 8.85 Å². The van der Waals surface area contributed by atoms with Crippen molar-refractivity contribution in [2.24, 2.45) is 5.92 Å². The van der Waals surface area contributed by atoms with Crippen molar-refractivity contribution in [3.05, 3.63) is 12.3 Å². The molecular formula is C20H46O2Si3. The van der Waals surface area contributed by atoms with Crippen molar-refractivity contribution in [2.75, 3.05) is 6.61 Å². The fourth-order valence-corrected chi connectivity index (χ4v) is 7.54. The highest BCUT2D eigenvalue weighted by Crippen LogP contribution is 2.28. The summed E-state index contributed by atoms with van der Waals surface area (Å²) < 4.78 is 12.3. The first-order chi connectivity index (χ1) is 11.3. The minimum absolute atomic E-state index is 0.808. The number of hydrogen-bond donors (Lipinski definition) is 0. The average Bonchev–Trinajstić information content (AvgIpc) is 2.41. The summed E-state index contributed by atoms with van der Waals surface area (Å²) in [7, 11) is -4.00. The Labute approximate surface area is 162 Å². The lowest BCUT2D eigenvalue weighted by atomic mass is 10.1. The first kappa shape index (κ1) is 25.2. The van der Waals surface area contributed by atoms with E-state index >= 15 is 0 Å². The highest BCUT2D eigenvalue weighted by Gasteiger charge is 2.27. The average molecular weight is 403 g/mol. The predicted octanol–water partition coefficient (Wildman–Crippen LogP) is 7.50. The summed E-state index contributed by atoms with van der Waals surface area (Å²) in [4.78, 5) is 0. The predicted molar refractivity (Wildman–Crippen MR) is 122 cm³/mol. The first-order valence-electron chi connectivity index (χ1n) is 10.3. The van der Waals surface area contributed by atoms with Crippen LogP contribution in [0.3, 0.4) is 0 Å². The summed E-state index contributed by atoms with van der Waals surface area (Å²) in [5, 5.41) is 0. The fraction of sp³-hybridized carbons (Fsp3) is 0.900. The molecular weight excluding hydrogens is 356 g/mol. The molecule has 0 saturated carbocycles. The summed E-state index contributed by atoms with van der Waals surface area (Å²) in [5.74, 6) is 0.808. The smallest absolute Gasteiger partial charge is 0.244 e. The van der Waals surface area contributed by atoms with Gasteiger partial charge in [0, 0.05) is 14.7 Å². The second-order valence-corrected chi connectivity index (χ2v) is 24.6. The van der Waals surface area contributed by atoms with E-state index in [0.717, 1.165) is 18.9 Å². The minimum atomic E-state index is -1.58. The van der Waals surface area contributed by atoms with Crippen LogP contribution < -0.4 is 0 Å². The SMILES string of the molecule is CCCCC=CO[Si](C)(C)CCC(CCO[Si](C)(C)C)C[Si](C)(C)C. The molecule has 1 atom stereocenters. The van der Waals surface area contributed by atoms with Crippen LogP contribution in [0.1, 0.15) is 39.0 Å². The van der Waals surface area contributed by atoms with E-state index in [-0.39, 0.29) is 0 Å². The third-order valence-corrected chi connectivity index (χ3v) is 9.46. The Kier molecular flexibility index (Phi) is 11.8. The molecule has 0 amide bonds. The van der Waals surface area contributed by atoms with Crippen molar-refractivity contribution in [3.63, 3.8) is 0 Å². The molecule has 1 unspecified atom stereocenters. The molecule has 0 aliphatic rings. The van der Waals surface area contributed by atoms with E-state index in [1.807, 2.05) is 6.26 Å². The Morgan fingerprint density at radius 3 is 2.08 bits per heavy atom. The molecule has 0 aliphatic carbocycles. The van der Waals surface area contributed by atoms with E-state index in [1.54, 1.807) is 0 Å². The maximum Gasteiger partial charge on any atom is 0.244 e. The van der Waals surface area contributed by atoms with Gasteiger partial charge in [-0.05, 0) is 70.4 Å². The maximum atomic E-state index is 6.16. The van der Waals surface area contributed by atoms with E-state index < -0.39 is 24.7 Å². The van der Waals surface area contributed by atoms with Crippen LogP contribution in [0.5, 0.6) is 0 Å². The summed E-state index contributed by atoms with van der Waals surface area (Å²) in [5.41, 5.74) is 0. The Balaban J connectivity index is 4.44. The third-order valence-electron chi connectivity index (χ3n) is 4.32. The summed E-state index contributed by atoms with van der Waals surface area (Å²) in [6, 6.07) is 2.67. The third kappa shape index (κ3) is 17.3.